The molecule has 2 aliphatic rings. The second-order valence-electron chi connectivity index (χ2n) is 5.07. The molecule has 0 bridgehead atoms. The lowest BCUT2D eigenvalue weighted by molar-refractivity contribution is 0.292. The van der Waals surface area contributed by atoms with Crippen molar-refractivity contribution in [3.8, 4) is 0 Å². The molecule has 5 heteroatoms. The summed E-state index contributed by atoms with van der Waals surface area (Å²) in [7, 11) is -2.78. The Morgan fingerprint density at radius 3 is 2.53 bits per heavy atom. The SMILES string of the molecule is CC1(NC2CCNCC2)CCS(=O)(=O)C1. The van der Waals surface area contributed by atoms with E-state index in [1.54, 1.807) is 0 Å². The standard InChI is InChI=1S/C10H20N2O2S/c1-10(4-7-15(13,14)8-10)12-9-2-5-11-6-3-9/h9,11-12H,2-8H2,1H3. The second-order valence-corrected chi connectivity index (χ2v) is 7.26. The molecule has 0 aliphatic carbocycles. The summed E-state index contributed by atoms with van der Waals surface area (Å²) in [6.45, 7) is 4.13. The lowest BCUT2D eigenvalue weighted by atomic mass is 9.97. The molecule has 0 spiro atoms. The number of sulfone groups is 1. The number of hydrogen-bond donors (Lipinski definition) is 2. The first kappa shape index (κ1) is 11.4. The van der Waals surface area contributed by atoms with Crippen molar-refractivity contribution in [2.45, 2.75) is 37.8 Å². The smallest absolute Gasteiger partial charge is 0.152 e. The third-order valence-corrected chi connectivity index (χ3v) is 5.30. The quantitative estimate of drug-likeness (QED) is 0.698. The largest absolute Gasteiger partial charge is 0.317 e. The Bertz CT molecular complexity index is 322. The van der Waals surface area contributed by atoms with Gasteiger partial charge in [0.2, 0.25) is 0 Å². The van der Waals surface area contributed by atoms with Crippen LogP contribution in [0.25, 0.3) is 0 Å². The molecule has 0 aromatic carbocycles. The first-order chi connectivity index (χ1) is 6.99. The van der Waals surface area contributed by atoms with E-state index in [1.807, 2.05) is 6.92 Å². The maximum atomic E-state index is 11.4. The van der Waals surface area contributed by atoms with Crippen LogP contribution in [0.4, 0.5) is 0 Å². The summed E-state index contributed by atoms with van der Waals surface area (Å²) in [4.78, 5) is 0. The summed E-state index contributed by atoms with van der Waals surface area (Å²) >= 11 is 0. The van der Waals surface area contributed by atoms with Crippen molar-refractivity contribution in [1.82, 2.24) is 10.6 Å². The maximum Gasteiger partial charge on any atom is 0.152 e. The van der Waals surface area contributed by atoms with Gasteiger partial charge in [-0.05, 0) is 39.3 Å². The van der Waals surface area contributed by atoms with Gasteiger partial charge in [-0.1, -0.05) is 0 Å². The van der Waals surface area contributed by atoms with Crippen LogP contribution in [0.2, 0.25) is 0 Å². The van der Waals surface area contributed by atoms with Gasteiger partial charge in [-0.3, -0.25) is 0 Å². The minimum Gasteiger partial charge on any atom is -0.317 e. The van der Waals surface area contributed by atoms with Gasteiger partial charge in [-0.2, -0.15) is 0 Å². The third kappa shape index (κ3) is 2.92. The van der Waals surface area contributed by atoms with Gasteiger partial charge in [0.15, 0.2) is 9.84 Å². The minimum absolute atomic E-state index is 0.180. The van der Waals surface area contributed by atoms with Gasteiger partial charge >= 0.3 is 0 Å². The van der Waals surface area contributed by atoms with Gasteiger partial charge in [0.25, 0.3) is 0 Å². The highest BCUT2D eigenvalue weighted by atomic mass is 32.2. The van der Waals surface area contributed by atoms with E-state index in [1.165, 1.54) is 0 Å². The zero-order valence-corrected chi connectivity index (χ0v) is 10.1. The monoisotopic (exact) mass is 232 g/mol. The first-order valence-electron chi connectivity index (χ1n) is 5.68. The molecular weight excluding hydrogens is 212 g/mol. The molecule has 2 heterocycles. The molecule has 2 aliphatic heterocycles. The summed E-state index contributed by atoms with van der Waals surface area (Å²) in [6, 6.07) is 0.490. The molecule has 0 aromatic heterocycles. The Morgan fingerprint density at radius 2 is 2.00 bits per heavy atom. The zero-order chi connectivity index (χ0) is 10.9. The van der Waals surface area contributed by atoms with Crippen LogP contribution >= 0.6 is 0 Å². The minimum atomic E-state index is -2.78. The van der Waals surface area contributed by atoms with Crippen molar-refractivity contribution in [1.29, 1.82) is 0 Å². The van der Waals surface area contributed by atoms with Crippen LogP contribution < -0.4 is 10.6 Å². The van der Waals surface area contributed by atoms with Crippen molar-refractivity contribution in [3.05, 3.63) is 0 Å². The number of rotatable bonds is 2. The number of hydrogen-bond acceptors (Lipinski definition) is 4. The molecule has 88 valence electrons. The van der Waals surface area contributed by atoms with E-state index in [-0.39, 0.29) is 5.54 Å². The molecule has 0 aromatic rings. The number of nitrogens with one attached hydrogen (secondary N) is 2. The average Bonchev–Trinajstić information content (AvgIpc) is 2.42. The van der Waals surface area contributed by atoms with Crippen LogP contribution in [0, 0.1) is 0 Å². The molecule has 0 saturated carbocycles. The lowest BCUT2D eigenvalue weighted by Gasteiger charge is -2.33. The van der Waals surface area contributed by atoms with E-state index in [0.717, 1.165) is 32.4 Å². The van der Waals surface area contributed by atoms with E-state index in [9.17, 15) is 8.42 Å². The predicted octanol–water partition coefficient (Wildman–Crippen LogP) is -0.0948. The number of piperidine rings is 1. The van der Waals surface area contributed by atoms with Crippen LogP contribution in [0.3, 0.4) is 0 Å². The fourth-order valence-electron chi connectivity index (χ4n) is 2.58. The van der Waals surface area contributed by atoms with Crippen molar-refractivity contribution < 1.29 is 8.42 Å². The van der Waals surface area contributed by atoms with Crippen LogP contribution in [0.15, 0.2) is 0 Å². The van der Waals surface area contributed by atoms with E-state index < -0.39 is 9.84 Å². The molecule has 2 N–H and O–H groups in total. The Balaban J connectivity index is 1.93. The highest BCUT2D eigenvalue weighted by Crippen LogP contribution is 2.24. The maximum absolute atomic E-state index is 11.4. The molecule has 2 rings (SSSR count). The van der Waals surface area contributed by atoms with Gasteiger partial charge < -0.3 is 10.6 Å². The summed E-state index contributed by atoms with van der Waals surface area (Å²) in [5.41, 5.74) is -0.180. The zero-order valence-electron chi connectivity index (χ0n) is 9.25. The van der Waals surface area contributed by atoms with E-state index >= 15 is 0 Å². The summed E-state index contributed by atoms with van der Waals surface area (Å²) in [5.74, 6) is 0.658. The van der Waals surface area contributed by atoms with Crippen LogP contribution in [0.1, 0.15) is 26.2 Å². The average molecular weight is 232 g/mol. The molecule has 1 unspecified atom stereocenters. The molecule has 15 heavy (non-hydrogen) atoms. The molecule has 2 fully saturated rings. The normalized spacial score (nSPS) is 36.9. The Kier molecular flexibility index (Phi) is 3.05. The van der Waals surface area contributed by atoms with Crippen molar-refractivity contribution in [2.75, 3.05) is 24.6 Å². The fraction of sp³-hybridized carbons (Fsp3) is 1.00. The highest BCUT2D eigenvalue weighted by molar-refractivity contribution is 7.91. The predicted molar refractivity (Wildman–Crippen MR) is 60.7 cm³/mol. The first-order valence-corrected chi connectivity index (χ1v) is 7.50. The van der Waals surface area contributed by atoms with Crippen LogP contribution in [-0.4, -0.2) is 44.6 Å². The van der Waals surface area contributed by atoms with Crippen molar-refractivity contribution >= 4 is 9.84 Å². The van der Waals surface area contributed by atoms with E-state index in [0.29, 0.717) is 17.5 Å². The summed E-state index contributed by atoms with van der Waals surface area (Å²) < 4.78 is 22.9. The summed E-state index contributed by atoms with van der Waals surface area (Å²) in [5, 5.41) is 6.84. The second kappa shape index (κ2) is 4.03. The van der Waals surface area contributed by atoms with Gasteiger partial charge in [-0.15, -0.1) is 0 Å². The van der Waals surface area contributed by atoms with E-state index in [2.05, 4.69) is 10.6 Å². The molecule has 4 nitrogen and oxygen atoms in total. The molecule has 0 amide bonds. The third-order valence-electron chi connectivity index (χ3n) is 3.40. The highest BCUT2D eigenvalue weighted by Gasteiger charge is 2.39. The van der Waals surface area contributed by atoms with Gasteiger partial charge in [0.05, 0.1) is 11.5 Å². The van der Waals surface area contributed by atoms with Gasteiger partial charge in [0.1, 0.15) is 0 Å². The Labute approximate surface area is 91.7 Å². The Morgan fingerprint density at radius 1 is 1.33 bits per heavy atom. The van der Waals surface area contributed by atoms with Gasteiger partial charge in [0, 0.05) is 11.6 Å². The van der Waals surface area contributed by atoms with Crippen LogP contribution in [0.5, 0.6) is 0 Å². The lowest BCUT2D eigenvalue weighted by Crippen LogP contribution is -2.52. The molecular formula is C10H20N2O2S. The topological polar surface area (TPSA) is 58.2 Å². The Hall–Kier alpha value is -0.130. The molecule has 2 saturated heterocycles. The van der Waals surface area contributed by atoms with Gasteiger partial charge in [-0.25, -0.2) is 8.42 Å². The van der Waals surface area contributed by atoms with Crippen molar-refractivity contribution in [2.24, 2.45) is 0 Å². The van der Waals surface area contributed by atoms with Crippen LogP contribution in [-0.2, 0) is 9.84 Å². The molecule has 0 radical (unpaired) electrons. The van der Waals surface area contributed by atoms with Crippen molar-refractivity contribution in [3.63, 3.8) is 0 Å². The molecule has 1 atom stereocenters. The fourth-order valence-corrected chi connectivity index (χ4v) is 4.69. The summed E-state index contributed by atoms with van der Waals surface area (Å²) in [6.07, 6.45) is 2.98. The van der Waals surface area contributed by atoms with E-state index in [4.69, 9.17) is 0 Å².